The standard InChI is InChI=1S/C55H75N9O5S/c1-7-44(40-17-11-8-12-18-40)58-50(67)46-31-43(32-64(46)51(68)47(53(3,4)5)60-48(65)39(2)56-6)69-30-29-63-37-54(38-63)35-62(36-54)28-27-61-25-23-55(24-26-61,34-57-49(66)42-21-15-10-16-22-42)52-59-45(33-70-52)41-19-13-9-14-20-41/h8-22,33,39,43-44,46-47,56H,7,23-32,34-38H2,1-6H3,(H,57,66)(H,58,67)(H,60,65)/t39-,43-,44+,46-,47+/m0/s1. The van der Waals surface area contributed by atoms with E-state index in [4.69, 9.17) is 9.72 Å². The number of ether oxygens (including phenoxy) is 1. The second-order valence-electron chi connectivity index (χ2n) is 21.4. The molecule has 4 fully saturated rings. The maximum Gasteiger partial charge on any atom is 0.251 e. The third kappa shape index (κ3) is 12.2. The van der Waals surface area contributed by atoms with E-state index in [0.717, 1.165) is 93.6 Å². The van der Waals surface area contributed by atoms with Gasteiger partial charge in [0.05, 0.1) is 30.5 Å². The lowest BCUT2D eigenvalue weighted by Gasteiger charge is -2.60. The van der Waals surface area contributed by atoms with E-state index < -0.39 is 23.5 Å². The van der Waals surface area contributed by atoms with Crippen LogP contribution in [0.5, 0.6) is 0 Å². The van der Waals surface area contributed by atoms with Crippen molar-refractivity contribution in [1.29, 1.82) is 0 Å². The maximum absolute atomic E-state index is 14.5. The number of piperidine rings is 1. The molecular formula is C55H75N9O5S. The normalized spacial score (nSPS) is 21.5. The van der Waals surface area contributed by atoms with E-state index in [1.54, 1.807) is 30.2 Å². The Labute approximate surface area is 419 Å². The number of carbonyl (C=O) groups excluding carboxylic acids is 4. The fraction of sp³-hybridized carbons (Fsp3) is 0.545. The van der Waals surface area contributed by atoms with Crippen LogP contribution < -0.4 is 21.3 Å². The van der Waals surface area contributed by atoms with Crippen LogP contribution in [0.4, 0.5) is 0 Å². The van der Waals surface area contributed by atoms with Crippen LogP contribution in [0.15, 0.2) is 96.4 Å². The van der Waals surface area contributed by atoms with E-state index in [0.29, 0.717) is 37.0 Å². The molecule has 4 aliphatic heterocycles. The third-order valence-corrected chi connectivity index (χ3v) is 16.3. The number of hydrogen-bond acceptors (Lipinski definition) is 11. The van der Waals surface area contributed by atoms with Gasteiger partial charge in [-0.05, 0) is 69.4 Å². The highest BCUT2D eigenvalue weighted by Gasteiger charge is 2.51. The Bertz CT molecular complexity index is 2360. The molecule has 1 spiro atoms. The van der Waals surface area contributed by atoms with Crippen molar-refractivity contribution in [2.75, 3.05) is 85.6 Å². The van der Waals surface area contributed by atoms with Gasteiger partial charge in [0.25, 0.3) is 5.91 Å². The predicted molar refractivity (Wildman–Crippen MR) is 276 cm³/mol. The zero-order chi connectivity index (χ0) is 49.5. The number of likely N-dealkylation sites (N-methyl/N-ethyl adjacent to an activating group) is 1. The molecule has 3 aromatic carbocycles. The highest BCUT2D eigenvalue weighted by atomic mass is 32.1. The zero-order valence-corrected chi connectivity index (χ0v) is 42.9. The molecule has 376 valence electrons. The quantitative estimate of drug-likeness (QED) is 0.0884. The van der Waals surface area contributed by atoms with Crippen molar-refractivity contribution in [1.82, 2.24) is 45.9 Å². The number of carbonyl (C=O) groups is 4. The number of nitrogens with one attached hydrogen (secondary N) is 4. The van der Waals surface area contributed by atoms with Gasteiger partial charge in [0, 0.05) is 92.7 Å². The highest BCUT2D eigenvalue weighted by molar-refractivity contribution is 7.10. The summed E-state index contributed by atoms with van der Waals surface area (Å²) >= 11 is 1.71. The summed E-state index contributed by atoms with van der Waals surface area (Å²) in [4.78, 5) is 69.4. The summed E-state index contributed by atoms with van der Waals surface area (Å²) < 4.78 is 6.49. The van der Waals surface area contributed by atoms with Crippen LogP contribution in [-0.4, -0.2) is 158 Å². The predicted octanol–water partition coefficient (Wildman–Crippen LogP) is 5.58. The van der Waals surface area contributed by atoms with Gasteiger partial charge in [-0.1, -0.05) is 107 Å². The monoisotopic (exact) mass is 974 g/mol. The van der Waals surface area contributed by atoms with Crippen LogP contribution in [0, 0.1) is 10.8 Å². The average Bonchev–Trinajstić information content (AvgIpc) is 4.03. The summed E-state index contributed by atoms with van der Waals surface area (Å²) in [7, 11) is 1.71. The molecule has 0 saturated carbocycles. The zero-order valence-electron chi connectivity index (χ0n) is 42.1. The minimum atomic E-state index is -0.825. The first kappa shape index (κ1) is 51.3. The SMILES string of the molecule is CC[C@@H](NC(=O)[C@@H]1C[C@H](OCCN2CC3(C2)CN(CCN2CCC(CNC(=O)c4ccccc4)(c4nc(-c5ccccc5)cs4)CC2)C3)CN1C(=O)[C@@H](NC(=O)[C@H](C)NC)C(C)(C)C)c1ccccc1. The first-order valence-corrected chi connectivity index (χ1v) is 26.3. The van der Waals surface area contributed by atoms with E-state index in [1.807, 2.05) is 107 Å². The summed E-state index contributed by atoms with van der Waals surface area (Å²) in [5.74, 6) is -0.783. The van der Waals surface area contributed by atoms with E-state index in [-0.39, 0.29) is 47.7 Å². The topological polar surface area (TPSA) is 151 Å². The summed E-state index contributed by atoms with van der Waals surface area (Å²) in [5.41, 5.74) is 3.32. The second-order valence-corrected chi connectivity index (χ2v) is 22.3. The smallest absolute Gasteiger partial charge is 0.251 e. The number of benzene rings is 3. The minimum absolute atomic E-state index is 0.0435. The molecule has 4 amide bonds. The Balaban J connectivity index is 0.801. The van der Waals surface area contributed by atoms with E-state index >= 15 is 0 Å². The molecule has 1 aromatic heterocycles. The lowest BCUT2D eigenvalue weighted by Crippen LogP contribution is -2.72. The Morgan fingerprint density at radius 1 is 0.829 bits per heavy atom. The number of aromatic nitrogens is 1. The number of amides is 4. The van der Waals surface area contributed by atoms with E-state index in [1.165, 1.54) is 0 Å². The first-order valence-electron chi connectivity index (χ1n) is 25.4. The molecule has 5 atom stereocenters. The van der Waals surface area contributed by atoms with Crippen LogP contribution in [0.25, 0.3) is 11.3 Å². The molecule has 15 heteroatoms. The van der Waals surface area contributed by atoms with Gasteiger partial charge in [-0.15, -0.1) is 11.3 Å². The fourth-order valence-corrected chi connectivity index (χ4v) is 11.9. The van der Waals surface area contributed by atoms with Crippen molar-refractivity contribution >= 4 is 35.0 Å². The molecule has 4 aromatic rings. The van der Waals surface area contributed by atoms with Crippen LogP contribution in [0.3, 0.4) is 0 Å². The number of hydrogen-bond donors (Lipinski definition) is 4. The average molecular weight is 974 g/mol. The molecular weight excluding hydrogens is 899 g/mol. The van der Waals surface area contributed by atoms with Gasteiger partial charge in [-0.2, -0.15) is 0 Å². The largest absolute Gasteiger partial charge is 0.375 e. The van der Waals surface area contributed by atoms with Gasteiger partial charge in [-0.3, -0.25) is 24.1 Å². The van der Waals surface area contributed by atoms with Gasteiger partial charge in [0.1, 0.15) is 17.1 Å². The molecule has 0 unspecified atom stereocenters. The van der Waals surface area contributed by atoms with Crippen LogP contribution in [-0.2, 0) is 24.5 Å². The molecule has 5 heterocycles. The molecule has 4 aliphatic rings. The van der Waals surface area contributed by atoms with Crippen molar-refractivity contribution in [3.8, 4) is 11.3 Å². The first-order chi connectivity index (χ1) is 33.7. The number of rotatable bonds is 20. The molecule has 0 aliphatic carbocycles. The number of nitrogens with zero attached hydrogens (tertiary/aromatic N) is 5. The molecule has 70 heavy (non-hydrogen) atoms. The molecule has 0 radical (unpaired) electrons. The molecule has 8 rings (SSSR count). The van der Waals surface area contributed by atoms with Crippen molar-refractivity contribution in [3.05, 3.63) is 113 Å². The summed E-state index contributed by atoms with van der Waals surface area (Å²) in [6, 6.07) is 27.5. The van der Waals surface area contributed by atoms with Gasteiger partial charge in [0.15, 0.2) is 0 Å². The summed E-state index contributed by atoms with van der Waals surface area (Å²) in [6.45, 7) is 20.1. The molecule has 14 nitrogen and oxygen atoms in total. The molecule has 0 bridgehead atoms. The molecule has 4 N–H and O–H groups in total. The van der Waals surface area contributed by atoms with Gasteiger partial charge in [0.2, 0.25) is 17.7 Å². The minimum Gasteiger partial charge on any atom is -0.375 e. The van der Waals surface area contributed by atoms with Gasteiger partial charge in [-0.25, -0.2) is 4.98 Å². The Hall–Kier alpha value is -5.03. The molecule has 4 saturated heterocycles. The highest BCUT2D eigenvalue weighted by Crippen LogP contribution is 2.41. The van der Waals surface area contributed by atoms with Gasteiger partial charge >= 0.3 is 0 Å². The Kier molecular flexibility index (Phi) is 16.6. The number of thiazole rings is 1. The van der Waals surface area contributed by atoms with Crippen molar-refractivity contribution in [2.24, 2.45) is 10.8 Å². The van der Waals surface area contributed by atoms with Crippen molar-refractivity contribution < 1.29 is 23.9 Å². The Morgan fingerprint density at radius 3 is 2.07 bits per heavy atom. The third-order valence-electron chi connectivity index (χ3n) is 15.2. The number of likely N-dealkylation sites (tertiary alicyclic amines) is 4. The summed E-state index contributed by atoms with van der Waals surface area (Å²) in [5, 5.41) is 15.7. The van der Waals surface area contributed by atoms with Gasteiger partial charge < -0.3 is 40.7 Å². The van der Waals surface area contributed by atoms with Crippen LogP contribution in [0.2, 0.25) is 0 Å². The van der Waals surface area contributed by atoms with Crippen LogP contribution in [0.1, 0.15) is 87.3 Å². The fourth-order valence-electron chi connectivity index (χ4n) is 10.8. The second kappa shape index (κ2) is 22.6. The lowest BCUT2D eigenvalue weighted by atomic mass is 9.73. The van der Waals surface area contributed by atoms with E-state index in [2.05, 4.69) is 53.5 Å². The van der Waals surface area contributed by atoms with Crippen molar-refractivity contribution in [2.45, 2.75) is 96.0 Å². The maximum atomic E-state index is 14.5. The van der Waals surface area contributed by atoms with E-state index in [9.17, 15) is 19.2 Å². The van der Waals surface area contributed by atoms with Crippen molar-refractivity contribution in [3.63, 3.8) is 0 Å². The summed E-state index contributed by atoms with van der Waals surface area (Å²) in [6.07, 6.45) is 2.67. The lowest BCUT2D eigenvalue weighted by molar-refractivity contribution is -0.144. The van der Waals surface area contributed by atoms with Crippen LogP contribution >= 0.6 is 11.3 Å². The Morgan fingerprint density at radius 2 is 1.44 bits per heavy atom.